The van der Waals surface area contributed by atoms with Gasteiger partial charge in [0.1, 0.15) is 0 Å². The lowest BCUT2D eigenvalue weighted by atomic mass is 9.93. The number of aryl methyl sites for hydroxylation is 1. The first-order chi connectivity index (χ1) is 16.6. The lowest BCUT2D eigenvalue weighted by molar-refractivity contribution is -0.132. The topological polar surface area (TPSA) is 105 Å². The predicted octanol–water partition coefficient (Wildman–Crippen LogP) is 3.98. The number of allylic oxidation sites excluding steroid dienone is 1. The molecule has 0 aromatic heterocycles. The molecule has 0 saturated heterocycles. The van der Waals surface area contributed by atoms with Gasteiger partial charge in [0.2, 0.25) is 18.0 Å². The summed E-state index contributed by atoms with van der Waals surface area (Å²) in [5.74, 6) is -1.73. The minimum atomic E-state index is -1.11. The van der Waals surface area contributed by atoms with Gasteiger partial charge in [-0.05, 0) is 38.3 Å². The number of amides is 3. The number of carbonyl (C=O) groups is 3. The van der Waals surface area contributed by atoms with E-state index in [0.29, 0.717) is 12.1 Å². The van der Waals surface area contributed by atoms with Gasteiger partial charge in [0.25, 0.3) is 5.91 Å². The van der Waals surface area contributed by atoms with Crippen LogP contribution in [0.25, 0.3) is 0 Å². The van der Waals surface area contributed by atoms with Crippen LogP contribution in [0.15, 0.2) is 66.2 Å². The SMILES string of the molecule is C=CC.Cc1ccc2c(c1)C(c1ccccc1)=NC(NC(=O)[C@@H](CC(N)=O)CC(C)C)C(=O)N2C. The van der Waals surface area contributed by atoms with Gasteiger partial charge in [-0.25, -0.2) is 4.99 Å². The normalized spacial score (nSPS) is 15.7. The number of nitrogens with zero attached hydrogens (tertiary/aromatic N) is 2. The standard InChI is InChI=1S/C25H30N4O3.C3H6/c1-15(2)12-18(14-21(26)30)24(31)28-23-25(32)29(4)20-11-10-16(3)13-19(20)22(27-23)17-8-6-5-7-9-17;1-3-2/h5-11,13,15,18,23H,12,14H2,1-4H3,(H2,26,30)(H,28,31);3H,1H2,2H3/t18-,23?;/m1./s1. The Bertz CT molecular complexity index is 1090. The Kier molecular flexibility index (Phi) is 9.94. The van der Waals surface area contributed by atoms with Crippen LogP contribution in [-0.4, -0.2) is 36.6 Å². The summed E-state index contributed by atoms with van der Waals surface area (Å²) in [6, 6.07) is 15.4. The number of benzene rings is 2. The van der Waals surface area contributed by atoms with E-state index in [0.717, 1.165) is 22.4 Å². The third-order valence-electron chi connectivity index (χ3n) is 5.49. The summed E-state index contributed by atoms with van der Waals surface area (Å²) in [4.78, 5) is 44.1. The highest BCUT2D eigenvalue weighted by atomic mass is 16.2. The van der Waals surface area contributed by atoms with Crippen LogP contribution in [0.1, 0.15) is 50.3 Å². The fraction of sp³-hybridized carbons (Fsp3) is 0.357. The average molecular weight is 477 g/mol. The largest absolute Gasteiger partial charge is 0.370 e. The van der Waals surface area contributed by atoms with Gasteiger partial charge in [-0.1, -0.05) is 61.9 Å². The van der Waals surface area contributed by atoms with Crippen molar-refractivity contribution in [2.24, 2.45) is 22.6 Å². The van der Waals surface area contributed by atoms with E-state index in [4.69, 9.17) is 10.7 Å². The maximum absolute atomic E-state index is 13.3. The Morgan fingerprint density at radius 3 is 2.40 bits per heavy atom. The van der Waals surface area contributed by atoms with Crippen molar-refractivity contribution in [3.05, 3.63) is 77.9 Å². The van der Waals surface area contributed by atoms with E-state index < -0.39 is 23.9 Å². The zero-order chi connectivity index (χ0) is 26.1. The van der Waals surface area contributed by atoms with Crippen molar-refractivity contribution < 1.29 is 14.4 Å². The van der Waals surface area contributed by atoms with Crippen molar-refractivity contribution in [3.63, 3.8) is 0 Å². The molecule has 0 aliphatic carbocycles. The van der Waals surface area contributed by atoms with Crippen LogP contribution in [0.4, 0.5) is 5.69 Å². The molecule has 0 fully saturated rings. The highest BCUT2D eigenvalue weighted by Gasteiger charge is 2.33. The summed E-state index contributed by atoms with van der Waals surface area (Å²) >= 11 is 0. The molecule has 1 aliphatic rings. The molecule has 0 saturated carbocycles. The first-order valence-corrected chi connectivity index (χ1v) is 11.8. The summed E-state index contributed by atoms with van der Waals surface area (Å²) in [5.41, 5.74) is 9.41. The van der Waals surface area contributed by atoms with Crippen molar-refractivity contribution >= 4 is 29.1 Å². The van der Waals surface area contributed by atoms with E-state index in [1.54, 1.807) is 13.1 Å². The van der Waals surface area contributed by atoms with Gasteiger partial charge >= 0.3 is 0 Å². The number of anilines is 1. The third-order valence-corrected chi connectivity index (χ3v) is 5.49. The van der Waals surface area contributed by atoms with E-state index in [1.807, 2.05) is 76.2 Å². The van der Waals surface area contributed by atoms with E-state index in [-0.39, 0.29) is 18.2 Å². The Hall–Kier alpha value is -3.74. The van der Waals surface area contributed by atoms with Gasteiger partial charge in [0.05, 0.1) is 11.4 Å². The van der Waals surface area contributed by atoms with Crippen molar-refractivity contribution in [2.45, 2.75) is 46.7 Å². The highest BCUT2D eigenvalue weighted by molar-refractivity contribution is 6.20. The highest BCUT2D eigenvalue weighted by Crippen LogP contribution is 2.28. The van der Waals surface area contributed by atoms with E-state index in [1.165, 1.54) is 4.90 Å². The quantitative estimate of drug-likeness (QED) is 0.591. The van der Waals surface area contributed by atoms with Crippen molar-refractivity contribution in [2.75, 3.05) is 11.9 Å². The molecule has 1 aliphatic heterocycles. The minimum absolute atomic E-state index is 0.0740. The molecular formula is C28H36N4O3. The monoisotopic (exact) mass is 476 g/mol. The van der Waals surface area contributed by atoms with E-state index >= 15 is 0 Å². The molecule has 35 heavy (non-hydrogen) atoms. The van der Waals surface area contributed by atoms with Crippen LogP contribution >= 0.6 is 0 Å². The van der Waals surface area contributed by atoms with Gasteiger partial charge in [-0.2, -0.15) is 0 Å². The molecule has 3 amide bonds. The fourth-order valence-electron chi connectivity index (χ4n) is 3.96. The molecule has 2 atom stereocenters. The Morgan fingerprint density at radius 1 is 1.20 bits per heavy atom. The number of fused-ring (bicyclic) bond motifs is 1. The van der Waals surface area contributed by atoms with Crippen molar-refractivity contribution in [3.8, 4) is 0 Å². The molecule has 2 aromatic carbocycles. The maximum atomic E-state index is 13.3. The van der Waals surface area contributed by atoms with Gasteiger partial charge in [0.15, 0.2) is 0 Å². The summed E-state index contributed by atoms with van der Waals surface area (Å²) in [5, 5.41) is 2.77. The summed E-state index contributed by atoms with van der Waals surface area (Å²) in [7, 11) is 1.67. The second-order valence-electron chi connectivity index (χ2n) is 9.08. The number of benzodiazepines with no additional fused rings is 1. The second-order valence-corrected chi connectivity index (χ2v) is 9.08. The molecule has 0 radical (unpaired) electrons. The number of nitrogens with two attached hydrogens (primary N) is 1. The van der Waals surface area contributed by atoms with E-state index in [9.17, 15) is 14.4 Å². The molecule has 0 spiro atoms. The molecule has 2 aromatic rings. The fourth-order valence-corrected chi connectivity index (χ4v) is 3.96. The van der Waals surface area contributed by atoms with Gasteiger partial charge in [-0.3, -0.25) is 14.4 Å². The zero-order valence-electron chi connectivity index (χ0n) is 21.2. The molecule has 7 nitrogen and oxygen atoms in total. The van der Waals surface area contributed by atoms with Gasteiger partial charge < -0.3 is 16.0 Å². The van der Waals surface area contributed by atoms with Crippen molar-refractivity contribution in [1.82, 2.24) is 5.32 Å². The second kappa shape index (κ2) is 12.6. The minimum Gasteiger partial charge on any atom is -0.370 e. The lowest BCUT2D eigenvalue weighted by Gasteiger charge is -2.23. The first kappa shape index (κ1) is 27.5. The number of aliphatic imine (C=N–C) groups is 1. The van der Waals surface area contributed by atoms with Crippen LogP contribution in [0.2, 0.25) is 0 Å². The van der Waals surface area contributed by atoms with Gasteiger partial charge in [0, 0.05) is 30.5 Å². The predicted molar refractivity (Wildman–Crippen MR) is 141 cm³/mol. The number of hydrogen-bond acceptors (Lipinski definition) is 4. The smallest absolute Gasteiger partial charge is 0.272 e. The summed E-state index contributed by atoms with van der Waals surface area (Å²) in [6.07, 6.45) is 1.05. The molecule has 1 unspecified atom stereocenters. The average Bonchev–Trinajstić information content (AvgIpc) is 2.89. The van der Waals surface area contributed by atoms with Gasteiger partial charge in [-0.15, -0.1) is 6.58 Å². The molecule has 3 rings (SSSR count). The summed E-state index contributed by atoms with van der Waals surface area (Å²) < 4.78 is 0. The van der Waals surface area contributed by atoms with Crippen LogP contribution < -0.4 is 16.0 Å². The third kappa shape index (κ3) is 7.37. The number of nitrogens with one attached hydrogen (secondary N) is 1. The molecular weight excluding hydrogens is 440 g/mol. The Labute approximate surface area is 208 Å². The molecule has 7 heteroatoms. The number of rotatable bonds is 7. The molecule has 0 bridgehead atoms. The van der Waals surface area contributed by atoms with Crippen LogP contribution in [0.5, 0.6) is 0 Å². The first-order valence-electron chi connectivity index (χ1n) is 11.8. The number of carbonyl (C=O) groups excluding carboxylic acids is 3. The molecule has 3 N–H and O–H groups in total. The van der Waals surface area contributed by atoms with E-state index in [2.05, 4.69) is 11.9 Å². The zero-order valence-corrected chi connectivity index (χ0v) is 21.2. The number of likely N-dealkylation sites (N-methyl/N-ethyl adjacent to an activating group) is 1. The summed E-state index contributed by atoms with van der Waals surface area (Å²) in [6.45, 7) is 11.2. The molecule has 186 valence electrons. The van der Waals surface area contributed by atoms with Crippen LogP contribution in [-0.2, 0) is 14.4 Å². The lowest BCUT2D eigenvalue weighted by Crippen LogP contribution is -2.48. The van der Waals surface area contributed by atoms with Crippen LogP contribution in [0.3, 0.4) is 0 Å². The Balaban J connectivity index is 0.00000137. The van der Waals surface area contributed by atoms with Crippen molar-refractivity contribution in [1.29, 1.82) is 0 Å². The maximum Gasteiger partial charge on any atom is 0.272 e. The van der Waals surface area contributed by atoms with Crippen LogP contribution in [0, 0.1) is 18.8 Å². The molecule has 1 heterocycles. The Morgan fingerprint density at radius 2 is 1.83 bits per heavy atom. The number of primary amides is 1. The number of hydrogen-bond donors (Lipinski definition) is 2.